The Balaban J connectivity index is 1.75. The van der Waals surface area contributed by atoms with E-state index in [0.717, 1.165) is 23.8 Å². The third kappa shape index (κ3) is 2.30. The molecule has 1 aromatic rings. The Morgan fingerprint density at radius 3 is 2.39 bits per heavy atom. The van der Waals surface area contributed by atoms with E-state index in [1.165, 1.54) is 50.7 Å². The lowest BCUT2D eigenvalue weighted by Gasteiger charge is -2.39. The highest BCUT2D eigenvalue weighted by Gasteiger charge is 2.32. The van der Waals surface area contributed by atoms with Crippen molar-refractivity contribution in [3.05, 3.63) is 35.4 Å². The van der Waals surface area contributed by atoms with Gasteiger partial charge in [-0.15, -0.1) is 0 Å². The van der Waals surface area contributed by atoms with E-state index in [-0.39, 0.29) is 0 Å². The molecule has 0 aromatic heterocycles. The molecule has 0 saturated heterocycles. The van der Waals surface area contributed by atoms with Crippen LogP contribution in [0, 0.1) is 23.5 Å². The van der Waals surface area contributed by atoms with Crippen molar-refractivity contribution in [3.63, 3.8) is 0 Å². The van der Waals surface area contributed by atoms with Gasteiger partial charge in [-0.1, -0.05) is 31.7 Å². The molecule has 3 unspecified atom stereocenters. The number of benzene rings is 1. The summed E-state index contributed by atoms with van der Waals surface area (Å²) < 4.78 is 26.3. The van der Waals surface area contributed by atoms with Crippen LogP contribution in [0.3, 0.4) is 0 Å². The van der Waals surface area contributed by atoms with Gasteiger partial charge in [-0.05, 0) is 54.7 Å². The maximum Gasteiger partial charge on any atom is 0.159 e. The summed E-state index contributed by atoms with van der Waals surface area (Å²) in [4.78, 5) is 0. The van der Waals surface area contributed by atoms with Gasteiger partial charge >= 0.3 is 0 Å². The van der Waals surface area contributed by atoms with Crippen LogP contribution in [0.2, 0.25) is 0 Å². The molecule has 2 aliphatic rings. The van der Waals surface area contributed by atoms with Gasteiger partial charge in [-0.2, -0.15) is 0 Å². The van der Waals surface area contributed by atoms with Crippen molar-refractivity contribution < 1.29 is 8.78 Å². The fraction of sp³-hybridized carbons (Fsp3) is 0.625. The molecule has 0 N–H and O–H groups in total. The third-order valence-corrected chi connectivity index (χ3v) is 4.95. The van der Waals surface area contributed by atoms with E-state index in [9.17, 15) is 8.78 Å². The summed E-state index contributed by atoms with van der Waals surface area (Å²) >= 11 is 0. The third-order valence-electron chi connectivity index (χ3n) is 4.95. The normalized spacial score (nSPS) is 32.0. The van der Waals surface area contributed by atoms with Crippen LogP contribution in [0.4, 0.5) is 8.78 Å². The number of hydrogen-bond acceptors (Lipinski definition) is 0. The highest BCUT2D eigenvalue weighted by molar-refractivity contribution is 5.22. The van der Waals surface area contributed by atoms with Gasteiger partial charge in [0.25, 0.3) is 0 Å². The zero-order valence-corrected chi connectivity index (χ0v) is 10.7. The molecular formula is C16H20F2. The Labute approximate surface area is 107 Å². The lowest BCUT2D eigenvalue weighted by atomic mass is 9.66. The summed E-state index contributed by atoms with van der Waals surface area (Å²) in [6, 6.07) is 4.45. The summed E-state index contributed by atoms with van der Waals surface area (Å²) in [5, 5.41) is 0. The van der Waals surface area contributed by atoms with Crippen LogP contribution >= 0.6 is 0 Å². The number of hydrogen-bond donors (Lipinski definition) is 0. The van der Waals surface area contributed by atoms with Crippen LogP contribution in [-0.2, 0) is 0 Å². The fourth-order valence-corrected chi connectivity index (χ4v) is 3.94. The average Bonchev–Trinajstić information content (AvgIpc) is 2.41. The van der Waals surface area contributed by atoms with E-state index in [2.05, 4.69) is 0 Å². The molecule has 1 aromatic carbocycles. The van der Waals surface area contributed by atoms with Crippen LogP contribution in [0.15, 0.2) is 18.2 Å². The summed E-state index contributed by atoms with van der Waals surface area (Å²) in [5.74, 6) is 0.744. The molecule has 2 saturated carbocycles. The summed E-state index contributed by atoms with van der Waals surface area (Å²) in [5.41, 5.74) is 0.998. The van der Waals surface area contributed by atoms with Crippen molar-refractivity contribution in [2.75, 3.05) is 0 Å². The Bertz CT molecular complexity index is 427. The van der Waals surface area contributed by atoms with Crippen molar-refractivity contribution in [2.45, 2.75) is 50.9 Å². The van der Waals surface area contributed by atoms with Gasteiger partial charge in [-0.25, -0.2) is 8.78 Å². The second-order valence-corrected chi connectivity index (χ2v) is 5.99. The fourth-order valence-electron chi connectivity index (χ4n) is 3.94. The van der Waals surface area contributed by atoms with Gasteiger partial charge in [0, 0.05) is 0 Å². The number of halogens is 2. The maximum absolute atomic E-state index is 13.3. The molecule has 2 heteroatoms. The first-order chi connectivity index (χ1) is 8.74. The van der Waals surface area contributed by atoms with Gasteiger partial charge in [0.2, 0.25) is 0 Å². The molecule has 98 valence electrons. The smallest absolute Gasteiger partial charge is 0.159 e. The minimum absolute atomic E-state index is 0.444. The quantitative estimate of drug-likeness (QED) is 0.655. The molecule has 0 spiro atoms. The standard InChI is InChI=1S/C16H20F2/c17-15-8-7-14(10-16(15)18)13-6-5-11-3-1-2-4-12(11)9-13/h7-8,10-13H,1-6,9H2. The van der Waals surface area contributed by atoms with Gasteiger partial charge in [0.1, 0.15) is 0 Å². The molecule has 0 heterocycles. The van der Waals surface area contributed by atoms with E-state index in [4.69, 9.17) is 0 Å². The largest absolute Gasteiger partial charge is 0.204 e. The summed E-state index contributed by atoms with van der Waals surface area (Å²) in [6.07, 6.45) is 9.05. The Morgan fingerprint density at radius 1 is 0.833 bits per heavy atom. The monoisotopic (exact) mass is 250 g/mol. The molecule has 0 nitrogen and oxygen atoms in total. The van der Waals surface area contributed by atoms with E-state index in [0.29, 0.717) is 5.92 Å². The average molecular weight is 250 g/mol. The molecule has 2 fully saturated rings. The molecule has 0 aliphatic heterocycles. The van der Waals surface area contributed by atoms with E-state index >= 15 is 0 Å². The highest BCUT2D eigenvalue weighted by Crippen LogP contribution is 2.46. The molecular weight excluding hydrogens is 230 g/mol. The molecule has 0 bridgehead atoms. The van der Waals surface area contributed by atoms with Crippen LogP contribution in [0.5, 0.6) is 0 Å². The minimum Gasteiger partial charge on any atom is -0.204 e. The minimum atomic E-state index is -0.731. The van der Waals surface area contributed by atoms with Crippen molar-refractivity contribution in [2.24, 2.45) is 11.8 Å². The van der Waals surface area contributed by atoms with Gasteiger partial charge in [0.15, 0.2) is 11.6 Å². The predicted molar refractivity (Wildman–Crippen MR) is 68.4 cm³/mol. The van der Waals surface area contributed by atoms with Gasteiger partial charge < -0.3 is 0 Å². The van der Waals surface area contributed by atoms with Crippen molar-refractivity contribution in [1.29, 1.82) is 0 Å². The molecule has 3 rings (SSSR count). The zero-order valence-electron chi connectivity index (χ0n) is 10.7. The van der Waals surface area contributed by atoms with Crippen molar-refractivity contribution >= 4 is 0 Å². The first-order valence-corrected chi connectivity index (χ1v) is 7.19. The van der Waals surface area contributed by atoms with E-state index < -0.39 is 11.6 Å². The SMILES string of the molecule is Fc1ccc(C2CCC3CCCCC3C2)cc1F. The summed E-state index contributed by atoms with van der Waals surface area (Å²) in [6.45, 7) is 0. The molecule has 0 amide bonds. The highest BCUT2D eigenvalue weighted by atomic mass is 19.2. The lowest BCUT2D eigenvalue weighted by Crippen LogP contribution is -2.26. The lowest BCUT2D eigenvalue weighted by molar-refractivity contribution is 0.155. The zero-order chi connectivity index (χ0) is 12.5. The van der Waals surface area contributed by atoms with E-state index in [1.807, 2.05) is 0 Å². The topological polar surface area (TPSA) is 0 Å². The van der Waals surface area contributed by atoms with Crippen molar-refractivity contribution in [1.82, 2.24) is 0 Å². The van der Waals surface area contributed by atoms with Gasteiger partial charge in [-0.3, -0.25) is 0 Å². The second kappa shape index (κ2) is 4.99. The van der Waals surface area contributed by atoms with Crippen LogP contribution < -0.4 is 0 Å². The van der Waals surface area contributed by atoms with Crippen LogP contribution in [-0.4, -0.2) is 0 Å². The maximum atomic E-state index is 13.3. The molecule has 18 heavy (non-hydrogen) atoms. The van der Waals surface area contributed by atoms with E-state index in [1.54, 1.807) is 6.07 Å². The Morgan fingerprint density at radius 2 is 1.61 bits per heavy atom. The number of rotatable bonds is 1. The number of fused-ring (bicyclic) bond motifs is 1. The van der Waals surface area contributed by atoms with Crippen molar-refractivity contribution in [3.8, 4) is 0 Å². The molecule has 0 radical (unpaired) electrons. The first kappa shape index (κ1) is 12.1. The second-order valence-electron chi connectivity index (χ2n) is 5.99. The van der Waals surface area contributed by atoms with Crippen LogP contribution in [0.25, 0.3) is 0 Å². The predicted octanol–water partition coefficient (Wildman–Crippen LogP) is 5.04. The Hall–Kier alpha value is -0.920. The molecule has 3 atom stereocenters. The first-order valence-electron chi connectivity index (χ1n) is 7.19. The van der Waals surface area contributed by atoms with Gasteiger partial charge in [0.05, 0.1) is 0 Å². The Kier molecular flexibility index (Phi) is 3.36. The summed E-state index contributed by atoms with van der Waals surface area (Å²) in [7, 11) is 0. The molecule has 2 aliphatic carbocycles. The van der Waals surface area contributed by atoms with Crippen LogP contribution in [0.1, 0.15) is 56.4 Å².